The standard InChI is InChI=1S/C22H21NO3/c1-12-16(14-4-2-13(11-23)3-5-14)8-9-17-20(12)18(15-6-7-15)10-19(21(17)24)22(25)26/h2-5,8-10,15,17H,6-7,11,23H2,1H3,(H,25,26). The van der Waals surface area contributed by atoms with Gasteiger partial charge in [-0.1, -0.05) is 36.4 Å². The molecule has 0 radical (unpaired) electrons. The summed E-state index contributed by atoms with van der Waals surface area (Å²) in [6, 6.07) is 8.12. The minimum Gasteiger partial charge on any atom is -0.478 e. The van der Waals surface area contributed by atoms with Crippen molar-refractivity contribution in [1.82, 2.24) is 0 Å². The van der Waals surface area contributed by atoms with Crippen LogP contribution in [0.25, 0.3) is 5.57 Å². The Morgan fingerprint density at radius 1 is 1.23 bits per heavy atom. The van der Waals surface area contributed by atoms with Gasteiger partial charge in [0, 0.05) is 6.54 Å². The van der Waals surface area contributed by atoms with Gasteiger partial charge < -0.3 is 10.8 Å². The summed E-state index contributed by atoms with van der Waals surface area (Å²) in [6.07, 6.45) is 7.54. The van der Waals surface area contributed by atoms with Gasteiger partial charge >= 0.3 is 5.97 Å². The molecule has 1 saturated carbocycles. The van der Waals surface area contributed by atoms with E-state index in [9.17, 15) is 14.7 Å². The highest BCUT2D eigenvalue weighted by molar-refractivity contribution is 6.20. The molecule has 26 heavy (non-hydrogen) atoms. The van der Waals surface area contributed by atoms with Gasteiger partial charge in [0.15, 0.2) is 5.78 Å². The second kappa shape index (κ2) is 6.22. The van der Waals surface area contributed by atoms with E-state index in [-0.39, 0.29) is 11.4 Å². The van der Waals surface area contributed by atoms with Crippen molar-refractivity contribution in [1.29, 1.82) is 0 Å². The summed E-state index contributed by atoms with van der Waals surface area (Å²) in [7, 11) is 0. The topological polar surface area (TPSA) is 80.4 Å². The fourth-order valence-corrected chi connectivity index (χ4v) is 3.91. The van der Waals surface area contributed by atoms with Gasteiger partial charge in [-0.25, -0.2) is 4.79 Å². The van der Waals surface area contributed by atoms with Gasteiger partial charge in [-0.15, -0.1) is 0 Å². The molecule has 4 rings (SSSR count). The lowest BCUT2D eigenvalue weighted by Crippen LogP contribution is -2.28. The van der Waals surface area contributed by atoms with Crippen LogP contribution in [0.2, 0.25) is 0 Å². The van der Waals surface area contributed by atoms with E-state index in [0.717, 1.165) is 46.3 Å². The zero-order valence-electron chi connectivity index (χ0n) is 14.7. The smallest absolute Gasteiger partial charge is 0.339 e. The van der Waals surface area contributed by atoms with E-state index in [2.05, 4.69) is 0 Å². The number of Topliss-reactive ketones (excluding diaryl/α,β-unsaturated/α-hetero) is 1. The summed E-state index contributed by atoms with van der Waals surface area (Å²) in [5, 5.41) is 9.41. The Balaban J connectivity index is 1.86. The summed E-state index contributed by atoms with van der Waals surface area (Å²) >= 11 is 0. The Bertz CT molecular complexity index is 925. The molecule has 1 fully saturated rings. The molecular weight excluding hydrogens is 326 g/mol. The fraction of sp³-hybridized carbons (Fsp3) is 0.273. The molecule has 1 aromatic carbocycles. The molecule has 0 amide bonds. The number of carboxylic acid groups (broad SMARTS) is 1. The lowest BCUT2D eigenvalue weighted by atomic mass is 9.73. The molecule has 1 atom stereocenters. The number of rotatable bonds is 4. The Labute approximate surface area is 152 Å². The lowest BCUT2D eigenvalue weighted by Gasteiger charge is -2.29. The number of carbonyl (C=O) groups is 2. The van der Waals surface area contributed by atoms with Crippen LogP contribution in [0.15, 0.2) is 64.8 Å². The first-order valence-corrected chi connectivity index (χ1v) is 8.93. The Morgan fingerprint density at radius 2 is 1.92 bits per heavy atom. The predicted molar refractivity (Wildman–Crippen MR) is 100 cm³/mol. The quantitative estimate of drug-likeness (QED) is 0.818. The minimum atomic E-state index is -1.13. The third-order valence-corrected chi connectivity index (χ3v) is 5.48. The summed E-state index contributed by atoms with van der Waals surface area (Å²) in [4.78, 5) is 24.2. The average molecular weight is 347 g/mol. The molecule has 4 nitrogen and oxygen atoms in total. The molecule has 1 unspecified atom stereocenters. The maximum absolute atomic E-state index is 12.7. The molecule has 1 aromatic rings. The van der Waals surface area contributed by atoms with Crippen molar-refractivity contribution in [3.05, 3.63) is 75.9 Å². The van der Waals surface area contributed by atoms with Crippen molar-refractivity contribution >= 4 is 17.3 Å². The van der Waals surface area contributed by atoms with Crippen LogP contribution in [-0.4, -0.2) is 16.9 Å². The van der Waals surface area contributed by atoms with Crippen molar-refractivity contribution in [2.75, 3.05) is 0 Å². The van der Waals surface area contributed by atoms with Crippen LogP contribution in [0.5, 0.6) is 0 Å². The fourth-order valence-electron chi connectivity index (χ4n) is 3.91. The molecule has 0 saturated heterocycles. The maximum Gasteiger partial charge on any atom is 0.339 e. The van der Waals surface area contributed by atoms with Crippen molar-refractivity contribution < 1.29 is 14.7 Å². The van der Waals surface area contributed by atoms with Crippen LogP contribution >= 0.6 is 0 Å². The number of nitrogens with two attached hydrogens (primary N) is 1. The number of allylic oxidation sites excluding steroid dienone is 7. The largest absolute Gasteiger partial charge is 0.478 e. The number of carbonyl (C=O) groups excluding carboxylic acids is 1. The van der Waals surface area contributed by atoms with E-state index in [1.54, 1.807) is 6.08 Å². The van der Waals surface area contributed by atoms with Crippen molar-refractivity contribution in [2.24, 2.45) is 17.6 Å². The summed E-state index contributed by atoms with van der Waals surface area (Å²) in [5.41, 5.74) is 11.9. The highest BCUT2D eigenvalue weighted by atomic mass is 16.4. The Morgan fingerprint density at radius 3 is 2.50 bits per heavy atom. The zero-order chi connectivity index (χ0) is 18.4. The molecule has 0 aliphatic heterocycles. The first-order valence-electron chi connectivity index (χ1n) is 8.93. The van der Waals surface area contributed by atoms with Gasteiger partial charge in [-0.3, -0.25) is 4.79 Å². The number of ketones is 1. The van der Waals surface area contributed by atoms with Crippen LogP contribution in [0.1, 0.15) is 30.9 Å². The van der Waals surface area contributed by atoms with Crippen LogP contribution < -0.4 is 5.73 Å². The number of aliphatic carboxylic acids is 1. The minimum absolute atomic E-state index is 0.0890. The molecule has 0 aromatic heterocycles. The lowest BCUT2D eigenvalue weighted by molar-refractivity contribution is -0.135. The van der Waals surface area contributed by atoms with Gasteiger partial charge in [-0.2, -0.15) is 0 Å². The molecule has 3 aliphatic rings. The van der Waals surface area contributed by atoms with Crippen LogP contribution in [0, 0.1) is 11.8 Å². The highest BCUT2D eigenvalue weighted by Gasteiger charge is 2.40. The van der Waals surface area contributed by atoms with Crippen LogP contribution in [0.3, 0.4) is 0 Å². The van der Waals surface area contributed by atoms with Gasteiger partial charge in [0.1, 0.15) is 5.57 Å². The van der Waals surface area contributed by atoms with Crippen molar-refractivity contribution in [2.45, 2.75) is 26.3 Å². The van der Waals surface area contributed by atoms with E-state index >= 15 is 0 Å². The molecule has 3 N–H and O–H groups in total. The van der Waals surface area contributed by atoms with E-state index in [1.165, 1.54) is 0 Å². The number of benzene rings is 1. The van der Waals surface area contributed by atoms with E-state index in [1.807, 2.05) is 43.3 Å². The summed E-state index contributed by atoms with van der Waals surface area (Å²) < 4.78 is 0. The SMILES string of the molecule is CC1=C(c2ccc(CN)cc2)C=CC2C(=O)C(C(=O)O)=CC(C3CC3)=C12. The van der Waals surface area contributed by atoms with Gasteiger partial charge in [0.2, 0.25) is 0 Å². The number of hydrogen-bond donors (Lipinski definition) is 2. The molecule has 3 aliphatic carbocycles. The van der Waals surface area contributed by atoms with Crippen LogP contribution in [0.4, 0.5) is 0 Å². The van der Waals surface area contributed by atoms with Gasteiger partial charge in [-0.05, 0) is 65.2 Å². The van der Waals surface area contributed by atoms with E-state index < -0.39 is 11.9 Å². The first kappa shape index (κ1) is 16.7. The van der Waals surface area contributed by atoms with Crippen LogP contribution in [-0.2, 0) is 16.1 Å². The third-order valence-electron chi connectivity index (χ3n) is 5.48. The summed E-state index contributed by atoms with van der Waals surface area (Å²) in [6.45, 7) is 2.54. The molecule has 4 heteroatoms. The number of carboxylic acids is 1. The molecule has 132 valence electrons. The first-order chi connectivity index (χ1) is 12.5. The maximum atomic E-state index is 12.7. The van der Waals surface area contributed by atoms with E-state index in [4.69, 9.17) is 5.73 Å². The molecular formula is C22H21NO3. The average Bonchev–Trinajstić information content (AvgIpc) is 3.47. The zero-order valence-corrected chi connectivity index (χ0v) is 14.7. The van der Waals surface area contributed by atoms with Crippen molar-refractivity contribution in [3.8, 4) is 0 Å². The van der Waals surface area contributed by atoms with Gasteiger partial charge in [0.05, 0.1) is 5.92 Å². The van der Waals surface area contributed by atoms with E-state index in [0.29, 0.717) is 12.5 Å². The molecule has 0 spiro atoms. The normalized spacial score (nSPS) is 22.5. The third kappa shape index (κ3) is 2.67. The highest BCUT2D eigenvalue weighted by Crippen LogP contribution is 2.48. The monoisotopic (exact) mass is 347 g/mol. The molecule has 0 heterocycles. The second-order valence-electron chi connectivity index (χ2n) is 7.15. The number of fused-ring (bicyclic) bond motifs is 1. The molecule has 0 bridgehead atoms. The summed E-state index contributed by atoms with van der Waals surface area (Å²) in [5.74, 6) is -1.55. The predicted octanol–water partition coefficient (Wildman–Crippen LogP) is 3.41. The second-order valence-corrected chi connectivity index (χ2v) is 7.15. The Hall–Kier alpha value is -2.72. The Kier molecular flexibility index (Phi) is 4.00. The van der Waals surface area contributed by atoms with Gasteiger partial charge in [0.25, 0.3) is 0 Å². The number of hydrogen-bond acceptors (Lipinski definition) is 3. The van der Waals surface area contributed by atoms with Crippen molar-refractivity contribution in [3.63, 3.8) is 0 Å².